The van der Waals surface area contributed by atoms with Crippen LogP contribution >= 0.6 is 11.6 Å². The second-order valence-electron chi connectivity index (χ2n) is 11.3. The van der Waals surface area contributed by atoms with E-state index in [0.29, 0.717) is 5.15 Å². The number of nitrogens with zero attached hydrogens (tertiary/aromatic N) is 6. The minimum absolute atomic E-state index is 0. The maximum Gasteiger partial charge on any atom is 0.139 e. The van der Waals surface area contributed by atoms with Gasteiger partial charge in [0, 0.05) is 78.9 Å². The Labute approximate surface area is 299 Å². The zero-order valence-corrected chi connectivity index (χ0v) is 28.6. The van der Waals surface area contributed by atoms with E-state index in [0.717, 1.165) is 103 Å². The van der Waals surface area contributed by atoms with Crippen LogP contribution < -0.4 is 20.9 Å². The summed E-state index contributed by atoms with van der Waals surface area (Å²) in [4.78, 5) is 22.8. The predicted molar refractivity (Wildman–Crippen MR) is 207 cm³/mol. The SMILES string of the molecule is C.CN.CNc1nc(-c2ccc(N3CCOCC3)cc2)cc2ncccc12.Clc1nc(-c2ccc(N3CCOCC3)cc2)cc2ncccc12. The number of hydrogen-bond donors (Lipinski definition) is 2. The number of aromatic nitrogens is 4. The molecule has 260 valence electrons. The number of morpholine rings is 2. The fourth-order valence-electron chi connectivity index (χ4n) is 5.93. The van der Waals surface area contributed by atoms with Gasteiger partial charge >= 0.3 is 0 Å². The van der Waals surface area contributed by atoms with Crippen LogP contribution in [0.2, 0.25) is 5.15 Å². The zero-order chi connectivity index (χ0) is 34.0. The summed E-state index contributed by atoms with van der Waals surface area (Å²) in [7, 11) is 3.39. The summed E-state index contributed by atoms with van der Waals surface area (Å²) >= 11 is 6.29. The molecule has 0 saturated carbocycles. The van der Waals surface area contributed by atoms with Crippen LogP contribution in [0.3, 0.4) is 0 Å². The van der Waals surface area contributed by atoms with E-state index in [-0.39, 0.29) is 7.43 Å². The third-order valence-electron chi connectivity index (χ3n) is 8.47. The molecule has 0 radical (unpaired) electrons. The predicted octanol–water partition coefficient (Wildman–Crippen LogP) is 7.17. The summed E-state index contributed by atoms with van der Waals surface area (Å²) in [6.07, 6.45) is 3.58. The van der Waals surface area contributed by atoms with Crippen molar-refractivity contribution in [1.82, 2.24) is 19.9 Å². The van der Waals surface area contributed by atoms with Crippen molar-refractivity contribution >= 4 is 50.6 Å². The summed E-state index contributed by atoms with van der Waals surface area (Å²) in [5, 5.41) is 5.57. The number of anilines is 3. The Balaban J connectivity index is 0.000000182. The molecule has 0 spiro atoms. The van der Waals surface area contributed by atoms with Crippen molar-refractivity contribution in [3.05, 3.63) is 102 Å². The van der Waals surface area contributed by atoms with Crippen LogP contribution in [0.25, 0.3) is 44.3 Å². The molecule has 2 saturated heterocycles. The molecule has 2 aromatic carbocycles. The molecule has 6 heterocycles. The second-order valence-corrected chi connectivity index (χ2v) is 11.7. The first kappa shape index (κ1) is 36.4. The standard InChI is InChI=1S/C19H20N4O.C18H16ClN3O.CH5N.CH4/c1-20-19-16-3-2-8-21-18(16)13-17(22-19)14-4-6-15(7-5-14)23-9-11-24-12-10-23;19-18-15-2-1-7-20-17(15)12-16(21-18)13-3-5-14(6-4-13)22-8-10-23-11-9-22;1-2;/h2-8,13H,9-12H2,1H3,(H,20,22);1-7,12H,8-11H2;2H2,1H3;1H4. The molecule has 3 N–H and O–H groups in total. The summed E-state index contributed by atoms with van der Waals surface area (Å²) < 4.78 is 10.8. The Bertz CT molecular complexity index is 1960. The van der Waals surface area contributed by atoms with Gasteiger partial charge in [-0.15, -0.1) is 0 Å². The highest BCUT2D eigenvalue weighted by Gasteiger charge is 2.14. The molecule has 2 aliphatic heterocycles. The molecule has 0 aliphatic carbocycles. The number of fused-ring (bicyclic) bond motifs is 2. The Hall–Kier alpha value is -4.87. The lowest BCUT2D eigenvalue weighted by Crippen LogP contribution is -2.36. The van der Waals surface area contributed by atoms with Crippen LogP contribution in [0, 0.1) is 0 Å². The van der Waals surface area contributed by atoms with Gasteiger partial charge < -0.3 is 30.3 Å². The third kappa shape index (κ3) is 8.46. The fourth-order valence-corrected chi connectivity index (χ4v) is 6.18. The zero-order valence-electron chi connectivity index (χ0n) is 27.8. The highest BCUT2D eigenvalue weighted by atomic mass is 35.5. The molecule has 10 nitrogen and oxygen atoms in total. The molecule has 0 amide bonds. The highest BCUT2D eigenvalue weighted by Crippen LogP contribution is 2.29. The largest absolute Gasteiger partial charge is 0.378 e. The van der Waals surface area contributed by atoms with Crippen molar-refractivity contribution in [3.63, 3.8) is 0 Å². The molecule has 2 fully saturated rings. The normalized spacial score (nSPS) is 14.2. The van der Waals surface area contributed by atoms with Gasteiger partial charge in [0.1, 0.15) is 11.0 Å². The van der Waals surface area contributed by atoms with E-state index in [9.17, 15) is 0 Å². The number of benzene rings is 2. The first-order chi connectivity index (χ1) is 24.2. The number of pyridine rings is 4. The number of rotatable bonds is 5. The van der Waals surface area contributed by atoms with E-state index >= 15 is 0 Å². The van der Waals surface area contributed by atoms with Crippen molar-refractivity contribution in [2.24, 2.45) is 5.73 Å². The number of nitrogens with one attached hydrogen (secondary N) is 1. The first-order valence-electron chi connectivity index (χ1n) is 16.4. The third-order valence-corrected chi connectivity index (χ3v) is 8.76. The van der Waals surface area contributed by atoms with E-state index in [2.05, 4.69) is 84.3 Å². The Kier molecular flexibility index (Phi) is 12.9. The average molecular weight is 693 g/mol. The second kappa shape index (κ2) is 17.7. The van der Waals surface area contributed by atoms with Gasteiger partial charge in [-0.1, -0.05) is 43.3 Å². The maximum atomic E-state index is 6.29. The van der Waals surface area contributed by atoms with Crippen molar-refractivity contribution < 1.29 is 9.47 Å². The van der Waals surface area contributed by atoms with E-state index in [1.54, 1.807) is 6.20 Å². The molecule has 6 aromatic rings. The Morgan fingerprint density at radius 3 is 1.56 bits per heavy atom. The highest BCUT2D eigenvalue weighted by molar-refractivity contribution is 6.34. The summed E-state index contributed by atoms with van der Waals surface area (Å²) in [6.45, 7) is 6.93. The molecule has 0 unspecified atom stereocenters. The molecule has 50 heavy (non-hydrogen) atoms. The first-order valence-corrected chi connectivity index (χ1v) is 16.8. The van der Waals surface area contributed by atoms with E-state index < -0.39 is 0 Å². The monoisotopic (exact) mass is 692 g/mol. The van der Waals surface area contributed by atoms with Crippen LogP contribution in [0.15, 0.2) is 97.3 Å². The topological polar surface area (TPSA) is 115 Å². The van der Waals surface area contributed by atoms with Gasteiger partial charge in [0.25, 0.3) is 0 Å². The van der Waals surface area contributed by atoms with Gasteiger partial charge in [0.05, 0.1) is 48.8 Å². The fraction of sp³-hybridized carbons (Fsp3) is 0.282. The number of nitrogens with two attached hydrogens (primary N) is 1. The lowest BCUT2D eigenvalue weighted by Gasteiger charge is -2.28. The Morgan fingerprint density at radius 1 is 0.640 bits per heavy atom. The van der Waals surface area contributed by atoms with Crippen LogP contribution in [-0.2, 0) is 9.47 Å². The van der Waals surface area contributed by atoms with Crippen LogP contribution in [0.1, 0.15) is 7.43 Å². The van der Waals surface area contributed by atoms with E-state index in [1.165, 1.54) is 18.4 Å². The van der Waals surface area contributed by atoms with Crippen molar-refractivity contribution in [1.29, 1.82) is 0 Å². The van der Waals surface area contributed by atoms with Gasteiger partial charge in [-0.2, -0.15) is 0 Å². The molecule has 4 aromatic heterocycles. The van der Waals surface area contributed by atoms with Crippen LogP contribution in [0.5, 0.6) is 0 Å². The minimum Gasteiger partial charge on any atom is -0.378 e. The molecule has 2 aliphatic rings. The molecular formula is C39H45ClN8O2. The molecule has 11 heteroatoms. The van der Waals surface area contributed by atoms with Crippen molar-refractivity contribution in [2.75, 3.05) is 81.8 Å². The maximum absolute atomic E-state index is 6.29. The molecule has 8 rings (SSSR count). The van der Waals surface area contributed by atoms with E-state index in [4.69, 9.17) is 26.1 Å². The minimum atomic E-state index is 0. The van der Waals surface area contributed by atoms with Gasteiger partial charge in [0.2, 0.25) is 0 Å². The number of ether oxygens (including phenoxy) is 2. The smallest absolute Gasteiger partial charge is 0.139 e. The Morgan fingerprint density at radius 2 is 1.08 bits per heavy atom. The van der Waals surface area contributed by atoms with Crippen molar-refractivity contribution in [3.8, 4) is 22.5 Å². The summed E-state index contributed by atoms with van der Waals surface area (Å²) in [5.41, 5.74) is 12.7. The molecule has 0 bridgehead atoms. The average Bonchev–Trinajstić information content (AvgIpc) is 3.19. The molecule has 0 atom stereocenters. The van der Waals surface area contributed by atoms with E-state index in [1.807, 2.05) is 49.6 Å². The quantitative estimate of drug-likeness (QED) is 0.180. The van der Waals surface area contributed by atoms with Gasteiger partial charge in [0.15, 0.2) is 0 Å². The summed E-state index contributed by atoms with van der Waals surface area (Å²) in [5.74, 6) is 0.854. The van der Waals surface area contributed by atoms with Crippen LogP contribution in [0.4, 0.5) is 17.2 Å². The van der Waals surface area contributed by atoms with Crippen LogP contribution in [-0.4, -0.2) is 86.6 Å². The van der Waals surface area contributed by atoms with Gasteiger partial charge in [-0.3, -0.25) is 9.97 Å². The van der Waals surface area contributed by atoms with Crippen molar-refractivity contribution in [2.45, 2.75) is 7.43 Å². The number of hydrogen-bond acceptors (Lipinski definition) is 10. The lowest BCUT2D eigenvalue weighted by atomic mass is 10.1. The lowest BCUT2D eigenvalue weighted by molar-refractivity contribution is 0.122. The number of halogens is 1. The summed E-state index contributed by atoms with van der Waals surface area (Å²) in [6, 6.07) is 28.8. The van der Waals surface area contributed by atoms with Gasteiger partial charge in [-0.25, -0.2) is 9.97 Å². The molecular weight excluding hydrogens is 648 g/mol. The van der Waals surface area contributed by atoms with Gasteiger partial charge in [-0.05, 0) is 67.7 Å².